The molecule has 0 saturated heterocycles. The number of nitrogens with two attached hydrogens (primary N) is 2. The highest BCUT2D eigenvalue weighted by molar-refractivity contribution is 7.33. The SMILES string of the molecule is CC(O[PH](=O)OC(C)C(=O)OCCCN)C(=O)OCCCN. The molecular weight excluding hydrogens is 315 g/mol. The van der Waals surface area contributed by atoms with E-state index in [4.69, 9.17) is 30.0 Å². The van der Waals surface area contributed by atoms with Gasteiger partial charge in [-0.25, -0.2) is 9.59 Å². The highest BCUT2D eigenvalue weighted by atomic mass is 31.1. The molecule has 2 unspecified atom stereocenters. The molecule has 22 heavy (non-hydrogen) atoms. The molecule has 0 rings (SSSR count). The second-order valence-corrected chi connectivity index (χ2v) is 5.36. The van der Waals surface area contributed by atoms with Gasteiger partial charge in [-0.1, -0.05) is 0 Å². The molecule has 130 valence electrons. The Morgan fingerprint density at radius 3 is 1.59 bits per heavy atom. The molecular formula is C12H25N2O7P. The Kier molecular flexibility index (Phi) is 12.0. The Morgan fingerprint density at radius 1 is 0.909 bits per heavy atom. The van der Waals surface area contributed by atoms with Gasteiger partial charge in [0.25, 0.3) is 0 Å². The molecule has 0 aromatic heterocycles. The summed E-state index contributed by atoms with van der Waals surface area (Å²) in [5.74, 6) is -1.35. The van der Waals surface area contributed by atoms with Crippen LogP contribution in [0.3, 0.4) is 0 Å². The van der Waals surface area contributed by atoms with Crippen molar-refractivity contribution in [2.24, 2.45) is 11.5 Å². The van der Waals surface area contributed by atoms with E-state index >= 15 is 0 Å². The van der Waals surface area contributed by atoms with Crippen molar-refractivity contribution in [3.8, 4) is 0 Å². The highest BCUT2D eigenvalue weighted by Gasteiger charge is 2.22. The first kappa shape index (κ1) is 21.0. The minimum Gasteiger partial charge on any atom is -0.464 e. The summed E-state index contributed by atoms with van der Waals surface area (Å²) in [6, 6.07) is 0. The fraction of sp³-hybridized carbons (Fsp3) is 0.833. The molecule has 0 amide bonds. The van der Waals surface area contributed by atoms with E-state index in [9.17, 15) is 14.2 Å². The van der Waals surface area contributed by atoms with Crippen LogP contribution in [0.1, 0.15) is 26.7 Å². The van der Waals surface area contributed by atoms with Crippen molar-refractivity contribution in [1.29, 1.82) is 0 Å². The zero-order valence-corrected chi connectivity index (χ0v) is 13.9. The third-order valence-corrected chi connectivity index (χ3v) is 3.49. The first-order valence-electron chi connectivity index (χ1n) is 7.03. The van der Waals surface area contributed by atoms with Gasteiger partial charge >= 0.3 is 20.2 Å². The van der Waals surface area contributed by atoms with E-state index in [1.54, 1.807) is 0 Å². The lowest BCUT2D eigenvalue weighted by molar-refractivity contribution is -0.152. The standard InChI is InChI=1S/C12H25N2O7P/c1-9(11(15)18-7-3-5-13)20-22(17)21-10(2)12(16)19-8-4-6-14/h9-10,22H,3-8,13-14H2,1-2H3. The van der Waals surface area contributed by atoms with Gasteiger partial charge in [0.05, 0.1) is 13.2 Å². The van der Waals surface area contributed by atoms with Gasteiger partial charge in [0.1, 0.15) is 0 Å². The van der Waals surface area contributed by atoms with E-state index in [0.717, 1.165) is 0 Å². The topological polar surface area (TPSA) is 140 Å². The van der Waals surface area contributed by atoms with Gasteiger partial charge in [-0.2, -0.15) is 0 Å². The average Bonchev–Trinajstić information content (AvgIpc) is 2.47. The summed E-state index contributed by atoms with van der Waals surface area (Å²) in [5, 5.41) is 0. The molecule has 9 nitrogen and oxygen atoms in total. The largest absolute Gasteiger partial charge is 0.464 e. The lowest BCUT2D eigenvalue weighted by atomic mass is 10.4. The summed E-state index contributed by atoms with van der Waals surface area (Å²) < 4.78 is 31.1. The van der Waals surface area contributed by atoms with E-state index < -0.39 is 32.4 Å². The van der Waals surface area contributed by atoms with Gasteiger partial charge in [0, 0.05) is 0 Å². The van der Waals surface area contributed by atoms with Crippen LogP contribution in [0.25, 0.3) is 0 Å². The predicted octanol–water partition coefficient (Wildman–Crippen LogP) is -0.0297. The molecule has 0 aliphatic heterocycles. The first-order chi connectivity index (χ1) is 10.4. The van der Waals surface area contributed by atoms with Crippen LogP contribution < -0.4 is 11.5 Å². The van der Waals surface area contributed by atoms with Crippen LogP contribution in [-0.4, -0.2) is 50.4 Å². The molecule has 0 aromatic carbocycles. The molecule has 4 N–H and O–H groups in total. The van der Waals surface area contributed by atoms with Crippen molar-refractivity contribution in [1.82, 2.24) is 0 Å². The number of carbonyl (C=O) groups excluding carboxylic acids is 2. The van der Waals surface area contributed by atoms with E-state index in [1.165, 1.54) is 13.8 Å². The van der Waals surface area contributed by atoms with Gasteiger partial charge in [0.15, 0.2) is 12.2 Å². The van der Waals surface area contributed by atoms with Crippen LogP contribution in [-0.2, 0) is 32.7 Å². The number of hydrogen-bond donors (Lipinski definition) is 2. The van der Waals surface area contributed by atoms with Crippen molar-refractivity contribution in [3.05, 3.63) is 0 Å². The molecule has 0 bridgehead atoms. The van der Waals surface area contributed by atoms with E-state index in [1.807, 2.05) is 0 Å². The molecule has 10 heteroatoms. The summed E-state index contributed by atoms with van der Waals surface area (Å²) >= 11 is 0. The number of hydrogen-bond acceptors (Lipinski definition) is 9. The Labute approximate surface area is 130 Å². The minimum atomic E-state index is -3.04. The summed E-state index contributed by atoms with van der Waals surface area (Å²) in [4.78, 5) is 23.0. The number of esters is 2. The van der Waals surface area contributed by atoms with E-state index in [-0.39, 0.29) is 13.2 Å². The van der Waals surface area contributed by atoms with Crippen molar-refractivity contribution in [2.75, 3.05) is 26.3 Å². The molecule has 0 aromatic rings. The minimum absolute atomic E-state index is 0.161. The molecule has 2 atom stereocenters. The van der Waals surface area contributed by atoms with Gasteiger partial charge in [0.2, 0.25) is 0 Å². The maximum Gasteiger partial charge on any atom is 0.335 e. The lowest BCUT2D eigenvalue weighted by Crippen LogP contribution is -2.25. The van der Waals surface area contributed by atoms with Gasteiger partial charge in [-0.15, -0.1) is 0 Å². The summed E-state index contributed by atoms with van der Waals surface area (Å²) in [7, 11) is -3.04. The first-order valence-corrected chi connectivity index (χ1v) is 8.25. The highest BCUT2D eigenvalue weighted by Crippen LogP contribution is 2.28. The second kappa shape index (κ2) is 12.5. The lowest BCUT2D eigenvalue weighted by Gasteiger charge is -2.15. The maximum atomic E-state index is 11.6. The number of rotatable bonds is 12. The van der Waals surface area contributed by atoms with E-state index in [2.05, 4.69) is 0 Å². The summed E-state index contributed by atoms with van der Waals surface area (Å²) in [6.45, 7) is 3.86. The maximum absolute atomic E-state index is 11.6. The van der Waals surface area contributed by atoms with Crippen LogP contribution in [0.5, 0.6) is 0 Å². The fourth-order valence-electron chi connectivity index (χ4n) is 1.16. The summed E-state index contributed by atoms with van der Waals surface area (Å²) in [6.07, 6.45) is -1.08. The third-order valence-electron chi connectivity index (χ3n) is 2.40. The second-order valence-electron chi connectivity index (χ2n) is 4.39. The molecule has 0 aliphatic carbocycles. The van der Waals surface area contributed by atoms with Crippen LogP contribution in [0.15, 0.2) is 0 Å². The Bertz CT molecular complexity index is 335. The zero-order chi connectivity index (χ0) is 17.0. The van der Waals surface area contributed by atoms with Gasteiger partial charge < -0.3 is 20.9 Å². The van der Waals surface area contributed by atoms with Gasteiger partial charge in [-0.3, -0.25) is 13.6 Å². The third kappa shape index (κ3) is 9.86. The zero-order valence-electron chi connectivity index (χ0n) is 12.9. The van der Waals surface area contributed by atoms with Crippen LogP contribution in [0, 0.1) is 0 Å². The molecule has 0 aliphatic rings. The van der Waals surface area contributed by atoms with Crippen LogP contribution >= 0.6 is 8.25 Å². The van der Waals surface area contributed by atoms with Crippen molar-refractivity contribution < 1.29 is 32.7 Å². The number of carbonyl (C=O) groups is 2. The molecule has 0 spiro atoms. The molecule has 0 fully saturated rings. The monoisotopic (exact) mass is 340 g/mol. The van der Waals surface area contributed by atoms with Crippen molar-refractivity contribution in [3.63, 3.8) is 0 Å². The van der Waals surface area contributed by atoms with Crippen LogP contribution in [0.4, 0.5) is 0 Å². The van der Waals surface area contributed by atoms with Crippen molar-refractivity contribution in [2.45, 2.75) is 38.9 Å². The quantitative estimate of drug-likeness (QED) is 0.284. The number of ether oxygens (including phenoxy) is 2. The molecule has 0 heterocycles. The predicted molar refractivity (Wildman–Crippen MR) is 79.4 cm³/mol. The normalized spacial score (nSPS) is 14.9. The molecule has 0 saturated carbocycles. The average molecular weight is 340 g/mol. The van der Waals surface area contributed by atoms with E-state index in [0.29, 0.717) is 25.9 Å². The van der Waals surface area contributed by atoms with Crippen LogP contribution in [0.2, 0.25) is 0 Å². The smallest absolute Gasteiger partial charge is 0.335 e. The Morgan fingerprint density at radius 2 is 1.27 bits per heavy atom. The van der Waals surface area contributed by atoms with Crippen molar-refractivity contribution >= 4 is 20.2 Å². The molecule has 0 radical (unpaired) electrons. The van der Waals surface area contributed by atoms with Gasteiger partial charge in [-0.05, 0) is 39.8 Å². The Hall–Kier alpha value is -0.990. The Balaban J connectivity index is 4.04. The fourth-order valence-corrected chi connectivity index (χ4v) is 1.98. The summed E-state index contributed by atoms with van der Waals surface area (Å²) in [5.41, 5.74) is 10.5.